The van der Waals surface area contributed by atoms with Crippen molar-refractivity contribution in [2.75, 3.05) is 24.5 Å². The van der Waals surface area contributed by atoms with E-state index in [-0.39, 0.29) is 5.82 Å². The molecule has 0 bridgehead atoms. The van der Waals surface area contributed by atoms with Crippen molar-refractivity contribution in [3.05, 3.63) is 29.6 Å². The zero-order valence-electron chi connectivity index (χ0n) is 11.2. The molecule has 1 aromatic rings. The van der Waals surface area contributed by atoms with Crippen LogP contribution in [-0.4, -0.2) is 19.6 Å². The minimum atomic E-state index is -0.101. The van der Waals surface area contributed by atoms with E-state index in [1.54, 1.807) is 12.1 Å². The van der Waals surface area contributed by atoms with Gasteiger partial charge in [0, 0.05) is 13.1 Å². The first-order chi connectivity index (χ1) is 8.76. The number of hydrogen-bond acceptors (Lipinski definition) is 2. The summed E-state index contributed by atoms with van der Waals surface area (Å²) in [4.78, 5) is 2.20. The number of piperidine rings is 1. The van der Waals surface area contributed by atoms with E-state index < -0.39 is 0 Å². The average molecular weight is 250 g/mol. The molecule has 0 atom stereocenters. The average Bonchev–Trinajstić information content (AvgIpc) is 2.40. The normalized spacial score (nSPS) is 17.2. The van der Waals surface area contributed by atoms with Crippen LogP contribution in [-0.2, 0) is 6.42 Å². The van der Waals surface area contributed by atoms with Crippen LogP contribution in [0, 0.1) is 11.7 Å². The molecule has 18 heavy (non-hydrogen) atoms. The first-order valence-electron chi connectivity index (χ1n) is 6.98. The van der Waals surface area contributed by atoms with Gasteiger partial charge in [0.05, 0.1) is 5.69 Å². The van der Waals surface area contributed by atoms with E-state index in [1.165, 1.54) is 19.3 Å². The highest BCUT2D eigenvalue weighted by Crippen LogP contribution is 2.30. The monoisotopic (exact) mass is 250 g/mol. The molecule has 1 aliphatic rings. The molecule has 1 aromatic carbocycles. The fourth-order valence-corrected chi connectivity index (χ4v) is 2.84. The number of benzene rings is 1. The molecule has 1 fully saturated rings. The number of para-hydroxylation sites is 1. The second-order valence-electron chi connectivity index (χ2n) is 5.12. The lowest BCUT2D eigenvalue weighted by atomic mass is 9.93. The number of anilines is 1. The topological polar surface area (TPSA) is 29.3 Å². The van der Waals surface area contributed by atoms with Gasteiger partial charge in [0.2, 0.25) is 0 Å². The Kier molecular flexibility index (Phi) is 4.59. The fourth-order valence-electron chi connectivity index (χ4n) is 2.84. The highest BCUT2D eigenvalue weighted by atomic mass is 19.1. The summed E-state index contributed by atoms with van der Waals surface area (Å²) >= 11 is 0. The van der Waals surface area contributed by atoms with Crippen molar-refractivity contribution >= 4 is 5.69 Å². The molecule has 2 N–H and O–H groups in total. The van der Waals surface area contributed by atoms with Gasteiger partial charge in [0.25, 0.3) is 0 Å². The Balaban J connectivity index is 2.17. The molecule has 1 saturated heterocycles. The second kappa shape index (κ2) is 6.19. The van der Waals surface area contributed by atoms with E-state index in [0.717, 1.165) is 36.7 Å². The van der Waals surface area contributed by atoms with E-state index >= 15 is 0 Å². The zero-order valence-corrected chi connectivity index (χ0v) is 11.2. The van der Waals surface area contributed by atoms with Gasteiger partial charge in [0.1, 0.15) is 5.82 Å². The van der Waals surface area contributed by atoms with Crippen LogP contribution < -0.4 is 10.6 Å². The molecule has 0 aliphatic carbocycles. The maximum absolute atomic E-state index is 14.1. The summed E-state index contributed by atoms with van der Waals surface area (Å²) in [6.45, 7) is 4.75. The standard InChI is InChI=1S/C15H23FN2/c1-2-12-7-10-18(11-8-12)15-13(6-9-17)4-3-5-14(15)16/h3-5,12H,2,6-11,17H2,1H3. The molecule has 0 saturated carbocycles. The van der Waals surface area contributed by atoms with Crippen LogP contribution in [0.25, 0.3) is 0 Å². The summed E-state index contributed by atoms with van der Waals surface area (Å²) < 4.78 is 14.1. The van der Waals surface area contributed by atoms with Gasteiger partial charge >= 0.3 is 0 Å². The van der Waals surface area contributed by atoms with Crippen molar-refractivity contribution in [2.45, 2.75) is 32.6 Å². The van der Waals surface area contributed by atoms with E-state index in [2.05, 4.69) is 11.8 Å². The van der Waals surface area contributed by atoms with Crippen LogP contribution in [0.3, 0.4) is 0 Å². The molecule has 0 amide bonds. The zero-order chi connectivity index (χ0) is 13.0. The third-order valence-corrected chi connectivity index (χ3v) is 3.99. The molecule has 0 spiro atoms. The van der Waals surface area contributed by atoms with Gasteiger partial charge in [-0.3, -0.25) is 0 Å². The fraction of sp³-hybridized carbons (Fsp3) is 0.600. The third-order valence-electron chi connectivity index (χ3n) is 3.99. The Bertz CT molecular complexity index is 384. The summed E-state index contributed by atoms with van der Waals surface area (Å²) in [5, 5.41) is 0. The maximum Gasteiger partial charge on any atom is 0.146 e. The Hall–Kier alpha value is -1.09. The van der Waals surface area contributed by atoms with Crippen LogP contribution in [0.1, 0.15) is 31.7 Å². The van der Waals surface area contributed by atoms with Crippen LogP contribution in [0.15, 0.2) is 18.2 Å². The molecule has 2 nitrogen and oxygen atoms in total. The number of hydrogen-bond donors (Lipinski definition) is 1. The largest absolute Gasteiger partial charge is 0.369 e. The lowest BCUT2D eigenvalue weighted by Crippen LogP contribution is -2.34. The van der Waals surface area contributed by atoms with Gasteiger partial charge in [-0.25, -0.2) is 4.39 Å². The molecule has 2 rings (SSSR count). The quantitative estimate of drug-likeness (QED) is 0.890. The van der Waals surface area contributed by atoms with Crippen LogP contribution in [0.2, 0.25) is 0 Å². The van der Waals surface area contributed by atoms with Crippen molar-refractivity contribution in [3.63, 3.8) is 0 Å². The van der Waals surface area contributed by atoms with Crippen molar-refractivity contribution in [3.8, 4) is 0 Å². The molecular formula is C15H23FN2. The van der Waals surface area contributed by atoms with Gasteiger partial charge < -0.3 is 10.6 Å². The summed E-state index contributed by atoms with van der Waals surface area (Å²) in [6.07, 6.45) is 4.33. The van der Waals surface area contributed by atoms with Crippen LogP contribution >= 0.6 is 0 Å². The lowest BCUT2D eigenvalue weighted by molar-refractivity contribution is 0.392. The summed E-state index contributed by atoms with van der Waals surface area (Å²) in [5.41, 5.74) is 7.45. The number of halogens is 1. The van der Waals surface area contributed by atoms with Crippen molar-refractivity contribution < 1.29 is 4.39 Å². The summed E-state index contributed by atoms with van der Waals surface area (Å²) in [7, 11) is 0. The molecule has 0 unspecified atom stereocenters. The molecule has 0 aromatic heterocycles. The molecule has 0 radical (unpaired) electrons. The van der Waals surface area contributed by atoms with Crippen molar-refractivity contribution in [1.82, 2.24) is 0 Å². The molecule has 1 aliphatic heterocycles. The smallest absolute Gasteiger partial charge is 0.146 e. The Morgan fingerprint density at radius 2 is 2.06 bits per heavy atom. The highest BCUT2D eigenvalue weighted by Gasteiger charge is 2.21. The SMILES string of the molecule is CCC1CCN(c2c(F)cccc2CCN)CC1. The first kappa shape index (κ1) is 13.3. The van der Waals surface area contributed by atoms with Crippen molar-refractivity contribution in [1.29, 1.82) is 0 Å². The van der Waals surface area contributed by atoms with Gasteiger partial charge in [-0.2, -0.15) is 0 Å². The van der Waals surface area contributed by atoms with Crippen LogP contribution in [0.4, 0.5) is 10.1 Å². The predicted molar refractivity (Wildman–Crippen MR) is 74.4 cm³/mol. The molecular weight excluding hydrogens is 227 g/mol. The van der Waals surface area contributed by atoms with Gasteiger partial charge in [-0.05, 0) is 43.4 Å². The van der Waals surface area contributed by atoms with Gasteiger partial charge in [-0.1, -0.05) is 25.5 Å². The van der Waals surface area contributed by atoms with E-state index in [4.69, 9.17) is 5.73 Å². The minimum absolute atomic E-state index is 0.101. The summed E-state index contributed by atoms with van der Waals surface area (Å²) in [6, 6.07) is 5.33. The Morgan fingerprint density at radius 1 is 1.33 bits per heavy atom. The molecule has 100 valence electrons. The summed E-state index contributed by atoms with van der Waals surface area (Å²) in [5.74, 6) is 0.710. The van der Waals surface area contributed by atoms with E-state index in [1.807, 2.05) is 6.07 Å². The second-order valence-corrected chi connectivity index (χ2v) is 5.12. The Labute approximate surface area is 109 Å². The first-order valence-corrected chi connectivity index (χ1v) is 6.98. The number of rotatable bonds is 4. The predicted octanol–water partition coefficient (Wildman–Crippen LogP) is 2.95. The van der Waals surface area contributed by atoms with Gasteiger partial charge in [-0.15, -0.1) is 0 Å². The van der Waals surface area contributed by atoms with Crippen molar-refractivity contribution in [2.24, 2.45) is 11.7 Å². The Morgan fingerprint density at radius 3 is 2.67 bits per heavy atom. The maximum atomic E-state index is 14.1. The molecule has 3 heteroatoms. The highest BCUT2D eigenvalue weighted by molar-refractivity contribution is 5.55. The van der Waals surface area contributed by atoms with E-state index in [9.17, 15) is 4.39 Å². The molecule has 1 heterocycles. The van der Waals surface area contributed by atoms with E-state index in [0.29, 0.717) is 6.54 Å². The minimum Gasteiger partial charge on any atom is -0.369 e. The number of nitrogens with two attached hydrogens (primary N) is 1. The lowest BCUT2D eigenvalue weighted by Gasteiger charge is -2.34. The number of nitrogens with zero attached hydrogens (tertiary/aromatic N) is 1. The van der Waals surface area contributed by atoms with Crippen LogP contribution in [0.5, 0.6) is 0 Å². The van der Waals surface area contributed by atoms with Gasteiger partial charge in [0.15, 0.2) is 0 Å². The third kappa shape index (κ3) is 2.83.